The van der Waals surface area contributed by atoms with E-state index in [0.717, 1.165) is 25.2 Å². The first-order chi connectivity index (χ1) is 7.77. The number of rotatable bonds is 4. The maximum atomic E-state index is 11.9. The second-order valence-corrected chi connectivity index (χ2v) is 4.42. The number of hydrogen-bond donors (Lipinski definition) is 1. The minimum atomic E-state index is 0.0917. The zero-order chi connectivity index (χ0) is 11.4. The Morgan fingerprint density at radius 2 is 2.50 bits per heavy atom. The van der Waals surface area contributed by atoms with Crippen LogP contribution >= 0.6 is 0 Å². The second kappa shape index (κ2) is 5.25. The molecule has 1 aliphatic heterocycles. The Bertz CT molecular complexity index is 353. The second-order valence-electron chi connectivity index (χ2n) is 4.42. The van der Waals surface area contributed by atoms with Crippen LogP contribution in [-0.4, -0.2) is 27.9 Å². The monoisotopic (exact) mass is 221 g/mol. The van der Waals surface area contributed by atoms with Gasteiger partial charge in [0.2, 0.25) is 0 Å². The van der Waals surface area contributed by atoms with Crippen molar-refractivity contribution < 1.29 is 4.79 Å². The molecule has 1 aliphatic rings. The summed E-state index contributed by atoms with van der Waals surface area (Å²) in [5.74, 6) is 1.33. The first-order valence-electron chi connectivity index (χ1n) is 5.99. The van der Waals surface area contributed by atoms with Gasteiger partial charge in [-0.3, -0.25) is 4.79 Å². The summed E-state index contributed by atoms with van der Waals surface area (Å²) < 4.78 is 1.97. The zero-order valence-corrected chi connectivity index (χ0v) is 9.78. The molecule has 0 spiro atoms. The SMILES string of the molecule is Cn1ccnc1CCC(=O)C1CCCCN1. The average Bonchev–Trinajstić information content (AvgIpc) is 2.73. The van der Waals surface area contributed by atoms with Crippen molar-refractivity contribution in [2.75, 3.05) is 6.54 Å². The predicted molar refractivity (Wildman–Crippen MR) is 62.2 cm³/mol. The van der Waals surface area contributed by atoms with Crippen LogP contribution in [0, 0.1) is 0 Å². The molecule has 2 heterocycles. The lowest BCUT2D eigenvalue weighted by atomic mass is 9.98. The van der Waals surface area contributed by atoms with E-state index >= 15 is 0 Å². The van der Waals surface area contributed by atoms with Gasteiger partial charge >= 0.3 is 0 Å². The summed E-state index contributed by atoms with van der Waals surface area (Å²) in [5.41, 5.74) is 0. The fraction of sp³-hybridized carbons (Fsp3) is 0.667. The van der Waals surface area contributed by atoms with Crippen molar-refractivity contribution >= 4 is 5.78 Å². The predicted octanol–water partition coefficient (Wildman–Crippen LogP) is 1.06. The summed E-state index contributed by atoms with van der Waals surface area (Å²) in [5, 5.41) is 3.29. The van der Waals surface area contributed by atoms with Crippen molar-refractivity contribution in [3.05, 3.63) is 18.2 Å². The van der Waals surface area contributed by atoms with Crippen molar-refractivity contribution in [2.45, 2.75) is 38.1 Å². The summed E-state index contributed by atoms with van der Waals surface area (Å²) in [6, 6.07) is 0.0917. The van der Waals surface area contributed by atoms with Gasteiger partial charge in [-0.1, -0.05) is 6.42 Å². The van der Waals surface area contributed by atoms with Crippen LogP contribution in [0.2, 0.25) is 0 Å². The number of piperidine rings is 1. The van der Waals surface area contributed by atoms with Crippen molar-refractivity contribution in [2.24, 2.45) is 7.05 Å². The van der Waals surface area contributed by atoms with Gasteiger partial charge in [-0.05, 0) is 19.4 Å². The maximum Gasteiger partial charge on any atom is 0.150 e. The van der Waals surface area contributed by atoms with Crippen molar-refractivity contribution in [1.29, 1.82) is 0 Å². The number of imidazole rings is 1. The molecule has 1 saturated heterocycles. The van der Waals surface area contributed by atoms with Crippen LogP contribution in [0.4, 0.5) is 0 Å². The third-order valence-corrected chi connectivity index (χ3v) is 3.21. The van der Waals surface area contributed by atoms with Gasteiger partial charge in [0.05, 0.1) is 6.04 Å². The van der Waals surface area contributed by atoms with E-state index in [1.807, 2.05) is 17.8 Å². The van der Waals surface area contributed by atoms with Gasteiger partial charge in [-0.15, -0.1) is 0 Å². The smallest absolute Gasteiger partial charge is 0.150 e. The Morgan fingerprint density at radius 1 is 1.62 bits per heavy atom. The van der Waals surface area contributed by atoms with E-state index in [9.17, 15) is 4.79 Å². The molecule has 0 amide bonds. The highest BCUT2D eigenvalue weighted by Crippen LogP contribution is 2.10. The minimum Gasteiger partial charge on any atom is -0.338 e. The first-order valence-corrected chi connectivity index (χ1v) is 5.99. The number of aryl methyl sites for hydroxylation is 2. The van der Waals surface area contributed by atoms with Crippen LogP contribution in [0.1, 0.15) is 31.5 Å². The molecule has 0 radical (unpaired) electrons. The normalized spacial score (nSPS) is 20.9. The summed E-state index contributed by atoms with van der Waals surface area (Å²) in [6.45, 7) is 0.985. The first kappa shape index (κ1) is 11.3. The fourth-order valence-electron chi connectivity index (χ4n) is 2.17. The van der Waals surface area contributed by atoms with E-state index < -0.39 is 0 Å². The van der Waals surface area contributed by atoms with Gasteiger partial charge in [-0.2, -0.15) is 0 Å². The van der Waals surface area contributed by atoms with E-state index in [1.54, 1.807) is 6.20 Å². The minimum absolute atomic E-state index is 0.0917. The van der Waals surface area contributed by atoms with Gasteiger partial charge in [0.25, 0.3) is 0 Å². The van der Waals surface area contributed by atoms with Crippen LogP contribution < -0.4 is 5.32 Å². The largest absolute Gasteiger partial charge is 0.338 e. The average molecular weight is 221 g/mol. The van der Waals surface area contributed by atoms with Crippen molar-refractivity contribution in [3.63, 3.8) is 0 Å². The van der Waals surface area contributed by atoms with Crippen LogP contribution in [-0.2, 0) is 18.3 Å². The molecule has 1 atom stereocenters. The van der Waals surface area contributed by atoms with Crippen LogP contribution in [0.15, 0.2) is 12.4 Å². The lowest BCUT2D eigenvalue weighted by Gasteiger charge is -2.22. The molecule has 1 N–H and O–H groups in total. The van der Waals surface area contributed by atoms with Crippen LogP contribution in [0.25, 0.3) is 0 Å². The molecule has 1 aromatic heterocycles. The van der Waals surface area contributed by atoms with E-state index in [1.165, 1.54) is 12.8 Å². The molecule has 1 aromatic rings. The molecule has 0 aromatic carbocycles. The Labute approximate surface area is 96.1 Å². The van der Waals surface area contributed by atoms with Crippen molar-refractivity contribution in [3.8, 4) is 0 Å². The van der Waals surface area contributed by atoms with E-state index in [4.69, 9.17) is 0 Å². The van der Waals surface area contributed by atoms with Gasteiger partial charge < -0.3 is 9.88 Å². The van der Waals surface area contributed by atoms with Gasteiger partial charge in [0.15, 0.2) is 0 Å². The zero-order valence-electron chi connectivity index (χ0n) is 9.78. The summed E-state index contributed by atoms with van der Waals surface area (Å²) in [4.78, 5) is 16.1. The number of Topliss-reactive ketones (excluding diaryl/α,β-unsaturated/α-hetero) is 1. The Morgan fingerprint density at radius 3 is 3.12 bits per heavy atom. The lowest BCUT2D eigenvalue weighted by Crippen LogP contribution is -2.40. The molecule has 88 valence electrons. The highest BCUT2D eigenvalue weighted by molar-refractivity contribution is 5.84. The van der Waals surface area contributed by atoms with Gasteiger partial charge in [0.1, 0.15) is 11.6 Å². The molecule has 2 rings (SSSR count). The van der Waals surface area contributed by atoms with E-state index in [0.29, 0.717) is 12.2 Å². The molecule has 0 saturated carbocycles. The van der Waals surface area contributed by atoms with E-state index in [2.05, 4.69) is 10.3 Å². The Hall–Kier alpha value is -1.16. The fourth-order valence-corrected chi connectivity index (χ4v) is 2.17. The highest BCUT2D eigenvalue weighted by Gasteiger charge is 2.20. The summed E-state index contributed by atoms with van der Waals surface area (Å²) in [6.07, 6.45) is 8.41. The number of nitrogens with zero attached hydrogens (tertiary/aromatic N) is 2. The highest BCUT2D eigenvalue weighted by atomic mass is 16.1. The molecule has 16 heavy (non-hydrogen) atoms. The molecular weight excluding hydrogens is 202 g/mol. The van der Waals surface area contributed by atoms with Gasteiger partial charge in [0, 0.05) is 32.3 Å². The standard InChI is InChI=1S/C12H19N3O/c1-15-9-8-14-12(15)6-5-11(16)10-4-2-3-7-13-10/h8-10,13H,2-7H2,1H3. The number of nitrogens with one attached hydrogen (secondary N) is 1. The van der Waals surface area contributed by atoms with Crippen molar-refractivity contribution in [1.82, 2.24) is 14.9 Å². The molecule has 1 fully saturated rings. The molecular formula is C12H19N3O. The Balaban J connectivity index is 1.81. The number of hydrogen-bond acceptors (Lipinski definition) is 3. The molecule has 0 aliphatic carbocycles. The van der Waals surface area contributed by atoms with E-state index in [-0.39, 0.29) is 6.04 Å². The quantitative estimate of drug-likeness (QED) is 0.827. The summed E-state index contributed by atoms with van der Waals surface area (Å²) in [7, 11) is 1.96. The number of ketones is 1. The molecule has 4 nitrogen and oxygen atoms in total. The third kappa shape index (κ3) is 2.70. The summed E-state index contributed by atoms with van der Waals surface area (Å²) >= 11 is 0. The topological polar surface area (TPSA) is 46.9 Å². The third-order valence-electron chi connectivity index (χ3n) is 3.21. The Kier molecular flexibility index (Phi) is 3.72. The molecule has 1 unspecified atom stereocenters. The van der Waals surface area contributed by atoms with Crippen LogP contribution in [0.3, 0.4) is 0 Å². The van der Waals surface area contributed by atoms with Crippen LogP contribution in [0.5, 0.6) is 0 Å². The number of carbonyl (C=O) groups excluding carboxylic acids is 1. The number of aromatic nitrogens is 2. The molecule has 4 heteroatoms. The maximum absolute atomic E-state index is 11.9. The van der Waals surface area contributed by atoms with Gasteiger partial charge in [-0.25, -0.2) is 4.98 Å². The molecule has 0 bridgehead atoms. The number of carbonyl (C=O) groups is 1. The lowest BCUT2D eigenvalue weighted by molar-refractivity contribution is -0.121.